The molecule has 0 radical (unpaired) electrons. The summed E-state index contributed by atoms with van der Waals surface area (Å²) in [4.78, 5) is 11.8. The zero-order valence-corrected chi connectivity index (χ0v) is 8.39. The predicted molar refractivity (Wildman–Crippen MR) is 56.4 cm³/mol. The van der Waals surface area contributed by atoms with Gasteiger partial charge in [-0.25, -0.2) is 5.01 Å². The van der Waals surface area contributed by atoms with Gasteiger partial charge in [0.05, 0.1) is 6.54 Å². The van der Waals surface area contributed by atoms with Crippen LogP contribution in [0.15, 0.2) is 30.3 Å². The lowest BCUT2D eigenvalue weighted by atomic mass is 10.1. The van der Waals surface area contributed by atoms with Crippen molar-refractivity contribution < 1.29 is 4.79 Å². The highest BCUT2D eigenvalue weighted by molar-refractivity contribution is 5.97. The van der Waals surface area contributed by atoms with Crippen molar-refractivity contribution in [3.8, 4) is 0 Å². The van der Waals surface area contributed by atoms with Crippen molar-refractivity contribution in [2.75, 3.05) is 19.6 Å². The lowest BCUT2D eigenvalue weighted by Crippen LogP contribution is -2.45. The number of nitrogens with two attached hydrogens (primary N) is 1. The first-order chi connectivity index (χ1) is 7.25. The average Bonchev–Trinajstić information content (AvgIpc) is 2.65. The van der Waals surface area contributed by atoms with Gasteiger partial charge in [0.25, 0.3) is 0 Å². The maximum atomic E-state index is 11.8. The molecule has 0 bridgehead atoms. The summed E-state index contributed by atoms with van der Waals surface area (Å²) in [6.45, 7) is 1.83. The molecule has 0 saturated carbocycles. The van der Waals surface area contributed by atoms with Gasteiger partial charge in [0.15, 0.2) is 5.78 Å². The highest BCUT2D eigenvalue weighted by Crippen LogP contribution is 2.02. The Hall–Kier alpha value is -1.27. The number of nitrogens with one attached hydrogen (secondary N) is 1. The van der Waals surface area contributed by atoms with Gasteiger partial charge in [-0.15, -0.1) is 0 Å². The van der Waals surface area contributed by atoms with Crippen molar-refractivity contribution in [2.45, 2.75) is 0 Å². The minimum absolute atomic E-state index is 0.0957. The molecule has 80 valence electrons. The largest absolute Gasteiger partial charge is 0.293 e. The first kappa shape index (κ1) is 10.3. The van der Waals surface area contributed by atoms with E-state index in [-0.39, 0.29) is 5.78 Å². The van der Waals surface area contributed by atoms with Crippen molar-refractivity contribution in [2.24, 2.45) is 5.84 Å². The van der Waals surface area contributed by atoms with Crippen LogP contribution in [0.5, 0.6) is 0 Å². The third kappa shape index (κ3) is 2.60. The summed E-state index contributed by atoms with van der Waals surface area (Å²) in [6.07, 6.45) is 0. The fourth-order valence-electron chi connectivity index (χ4n) is 1.51. The maximum absolute atomic E-state index is 11.8. The van der Waals surface area contributed by atoms with Crippen LogP contribution in [0.4, 0.5) is 0 Å². The van der Waals surface area contributed by atoms with Crippen LogP contribution < -0.4 is 11.4 Å². The Morgan fingerprint density at radius 1 is 1.33 bits per heavy atom. The molecule has 1 aliphatic heterocycles. The third-order valence-corrected chi connectivity index (χ3v) is 2.31. The van der Waals surface area contributed by atoms with Gasteiger partial charge in [-0.05, 0) is 0 Å². The smallest absolute Gasteiger partial charge is 0.178 e. The number of Topliss-reactive ketones (excluding diaryl/α,β-unsaturated/α-hetero) is 1. The van der Waals surface area contributed by atoms with Gasteiger partial charge in [-0.1, -0.05) is 30.3 Å². The number of carbonyl (C=O) groups is 1. The first-order valence-corrected chi connectivity index (χ1v) is 4.87. The molecule has 5 heteroatoms. The first-order valence-electron chi connectivity index (χ1n) is 4.87. The van der Waals surface area contributed by atoms with E-state index < -0.39 is 0 Å². The molecule has 0 unspecified atom stereocenters. The molecule has 0 atom stereocenters. The van der Waals surface area contributed by atoms with Gasteiger partial charge in [0.1, 0.15) is 0 Å². The second-order valence-corrected chi connectivity index (χ2v) is 3.50. The Kier molecular flexibility index (Phi) is 3.08. The fraction of sp³-hybridized carbons (Fsp3) is 0.300. The Balaban J connectivity index is 1.93. The number of nitrogens with zero attached hydrogens (tertiary/aromatic N) is 2. The number of rotatable bonds is 3. The van der Waals surface area contributed by atoms with Gasteiger partial charge < -0.3 is 0 Å². The van der Waals surface area contributed by atoms with Crippen molar-refractivity contribution in [1.29, 1.82) is 0 Å². The normalized spacial score (nSPS) is 18.2. The Morgan fingerprint density at radius 3 is 2.67 bits per heavy atom. The molecule has 1 aromatic carbocycles. The van der Waals surface area contributed by atoms with Gasteiger partial charge in [-0.2, -0.15) is 10.7 Å². The van der Waals surface area contributed by atoms with E-state index in [1.807, 2.05) is 30.3 Å². The number of ketones is 1. The van der Waals surface area contributed by atoms with E-state index in [1.165, 1.54) is 5.12 Å². The van der Waals surface area contributed by atoms with Crippen LogP contribution in [0.2, 0.25) is 0 Å². The maximum Gasteiger partial charge on any atom is 0.178 e. The standard InChI is InChI=1S/C10H14N4O/c11-14-7-6-13(12-14)8-10(15)9-4-2-1-3-5-9/h1-5,12H,6-8,11H2. The van der Waals surface area contributed by atoms with E-state index in [0.717, 1.165) is 18.7 Å². The molecule has 0 aromatic heterocycles. The van der Waals surface area contributed by atoms with Crippen LogP contribution in [0.25, 0.3) is 0 Å². The van der Waals surface area contributed by atoms with E-state index >= 15 is 0 Å². The Morgan fingerprint density at radius 2 is 2.07 bits per heavy atom. The quantitative estimate of drug-likeness (QED) is 0.529. The Bertz CT molecular complexity index is 341. The van der Waals surface area contributed by atoms with Gasteiger partial charge in [0.2, 0.25) is 0 Å². The number of carbonyl (C=O) groups excluding carboxylic acids is 1. The summed E-state index contributed by atoms with van der Waals surface area (Å²) in [7, 11) is 0. The topological polar surface area (TPSA) is 61.6 Å². The average molecular weight is 206 g/mol. The van der Waals surface area contributed by atoms with Gasteiger partial charge >= 0.3 is 0 Å². The molecule has 1 aromatic rings. The molecule has 0 aliphatic carbocycles. The molecule has 1 saturated heterocycles. The molecule has 2 rings (SSSR count). The SMILES string of the molecule is NN1CCN(CC(=O)c2ccccc2)N1. The van der Waals surface area contributed by atoms with E-state index in [4.69, 9.17) is 5.84 Å². The van der Waals surface area contributed by atoms with Gasteiger partial charge in [0, 0.05) is 18.7 Å². The molecule has 0 spiro atoms. The number of hydrazine groups is 3. The minimum atomic E-state index is 0.0957. The summed E-state index contributed by atoms with van der Waals surface area (Å²) in [5, 5.41) is 3.27. The van der Waals surface area contributed by atoms with Crippen LogP contribution in [-0.4, -0.2) is 35.5 Å². The molecule has 15 heavy (non-hydrogen) atoms. The second kappa shape index (κ2) is 4.50. The lowest BCUT2D eigenvalue weighted by molar-refractivity contribution is 0.0816. The van der Waals surface area contributed by atoms with E-state index in [9.17, 15) is 4.79 Å². The molecular weight excluding hydrogens is 192 g/mol. The molecule has 5 nitrogen and oxygen atoms in total. The predicted octanol–water partition coefficient (Wildman–Crippen LogP) is -0.220. The molecule has 1 aliphatic rings. The zero-order valence-electron chi connectivity index (χ0n) is 8.39. The summed E-state index contributed by atoms with van der Waals surface area (Å²) < 4.78 is 0. The minimum Gasteiger partial charge on any atom is -0.293 e. The number of benzene rings is 1. The van der Waals surface area contributed by atoms with E-state index in [1.54, 1.807) is 5.01 Å². The summed E-state index contributed by atoms with van der Waals surface area (Å²) >= 11 is 0. The van der Waals surface area contributed by atoms with Crippen molar-refractivity contribution in [3.63, 3.8) is 0 Å². The highest BCUT2D eigenvalue weighted by Gasteiger charge is 2.19. The molecular formula is C10H14N4O. The van der Waals surface area contributed by atoms with Crippen molar-refractivity contribution in [3.05, 3.63) is 35.9 Å². The second-order valence-electron chi connectivity index (χ2n) is 3.50. The summed E-state index contributed by atoms with van der Waals surface area (Å²) in [6, 6.07) is 9.25. The summed E-state index contributed by atoms with van der Waals surface area (Å²) in [5.74, 6) is 5.60. The van der Waals surface area contributed by atoms with Crippen LogP contribution in [0, 0.1) is 0 Å². The number of hydrogen-bond donors (Lipinski definition) is 2. The molecule has 3 N–H and O–H groups in total. The van der Waals surface area contributed by atoms with E-state index in [0.29, 0.717) is 6.54 Å². The van der Waals surface area contributed by atoms with Crippen molar-refractivity contribution >= 4 is 5.78 Å². The highest BCUT2D eigenvalue weighted by atomic mass is 16.1. The van der Waals surface area contributed by atoms with E-state index in [2.05, 4.69) is 5.53 Å². The van der Waals surface area contributed by atoms with Crippen LogP contribution in [0.3, 0.4) is 0 Å². The molecule has 1 heterocycles. The summed E-state index contributed by atoms with van der Waals surface area (Å²) in [5.41, 5.74) is 3.61. The zero-order chi connectivity index (χ0) is 10.7. The monoisotopic (exact) mass is 206 g/mol. The number of hydrogen-bond acceptors (Lipinski definition) is 5. The lowest BCUT2D eigenvalue weighted by Gasteiger charge is -2.15. The molecule has 0 amide bonds. The van der Waals surface area contributed by atoms with Crippen LogP contribution >= 0.6 is 0 Å². The molecule has 1 fully saturated rings. The third-order valence-electron chi connectivity index (χ3n) is 2.31. The van der Waals surface area contributed by atoms with Crippen LogP contribution in [-0.2, 0) is 0 Å². The Labute approximate surface area is 88.4 Å². The fourth-order valence-corrected chi connectivity index (χ4v) is 1.51. The van der Waals surface area contributed by atoms with Crippen molar-refractivity contribution in [1.82, 2.24) is 15.7 Å². The van der Waals surface area contributed by atoms with Gasteiger partial charge in [-0.3, -0.25) is 10.6 Å². The van der Waals surface area contributed by atoms with Crippen LogP contribution in [0.1, 0.15) is 10.4 Å².